The molecule has 0 aliphatic heterocycles. The molecule has 0 bridgehead atoms. The molecule has 0 atom stereocenters. The SMILES string of the molecule is CC(C)NC(=O)c1ccccc1NC(=O)CSc1ccc2ccccc2n1. The average molecular weight is 379 g/mol. The molecular formula is C21H21N3O2S. The van der Waals surface area contributed by atoms with Gasteiger partial charge in [-0.15, -0.1) is 0 Å². The standard InChI is InChI=1S/C21H21N3O2S/c1-14(2)22-21(26)16-8-4-6-10-18(16)23-19(25)13-27-20-12-11-15-7-3-5-9-17(15)24-20/h3-12,14H,13H2,1-2H3,(H,22,26)(H,23,25). The molecule has 2 N–H and O–H groups in total. The molecule has 0 unspecified atom stereocenters. The van der Waals surface area contributed by atoms with Crippen LogP contribution in [0.3, 0.4) is 0 Å². The third-order valence-corrected chi connectivity index (χ3v) is 4.72. The van der Waals surface area contributed by atoms with E-state index in [9.17, 15) is 9.59 Å². The summed E-state index contributed by atoms with van der Waals surface area (Å²) in [5.41, 5.74) is 1.86. The molecule has 6 heteroatoms. The quantitative estimate of drug-likeness (QED) is 0.633. The lowest BCUT2D eigenvalue weighted by atomic mass is 10.1. The Hall–Kier alpha value is -2.86. The van der Waals surface area contributed by atoms with Gasteiger partial charge >= 0.3 is 0 Å². The molecule has 1 heterocycles. The van der Waals surface area contributed by atoms with Crippen molar-refractivity contribution in [1.29, 1.82) is 0 Å². The smallest absolute Gasteiger partial charge is 0.253 e. The zero-order valence-electron chi connectivity index (χ0n) is 15.2. The van der Waals surface area contributed by atoms with Crippen molar-refractivity contribution in [2.75, 3.05) is 11.1 Å². The predicted octanol–water partition coefficient (Wildman–Crippen LogP) is 4.10. The van der Waals surface area contributed by atoms with Gasteiger partial charge < -0.3 is 10.6 Å². The summed E-state index contributed by atoms with van der Waals surface area (Å²) in [5, 5.41) is 7.52. The van der Waals surface area contributed by atoms with Gasteiger partial charge in [0.1, 0.15) is 0 Å². The normalized spacial score (nSPS) is 10.8. The lowest BCUT2D eigenvalue weighted by Crippen LogP contribution is -2.31. The van der Waals surface area contributed by atoms with Gasteiger partial charge in [-0.25, -0.2) is 4.98 Å². The third kappa shape index (κ3) is 5.08. The fourth-order valence-electron chi connectivity index (χ4n) is 2.58. The van der Waals surface area contributed by atoms with Crippen LogP contribution in [0.5, 0.6) is 0 Å². The largest absolute Gasteiger partial charge is 0.350 e. The fraction of sp³-hybridized carbons (Fsp3) is 0.190. The van der Waals surface area contributed by atoms with Crippen molar-refractivity contribution in [3.63, 3.8) is 0 Å². The first-order valence-corrected chi connectivity index (χ1v) is 9.70. The van der Waals surface area contributed by atoms with Crippen LogP contribution in [-0.2, 0) is 4.79 Å². The number of hydrogen-bond acceptors (Lipinski definition) is 4. The van der Waals surface area contributed by atoms with E-state index in [1.54, 1.807) is 24.3 Å². The molecule has 2 aromatic carbocycles. The van der Waals surface area contributed by atoms with Crippen molar-refractivity contribution < 1.29 is 9.59 Å². The Morgan fingerprint density at radius 1 is 1.00 bits per heavy atom. The molecule has 0 aliphatic rings. The van der Waals surface area contributed by atoms with E-state index in [1.165, 1.54) is 11.8 Å². The number of para-hydroxylation sites is 2. The molecule has 1 aromatic heterocycles. The molecule has 2 amide bonds. The number of pyridine rings is 1. The summed E-state index contributed by atoms with van der Waals surface area (Å²) in [6, 6.07) is 18.8. The second-order valence-electron chi connectivity index (χ2n) is 6.35. The van der Waals surface area contributed by atoms with Crippen LogP contribution in [0, 0.1) is 0 Å². The number of nitrogens with one attached hydrogen (secondary N) is 2. The number of fused-ring (bicyclic) bond motifs is 1. The first-order chi connectivity index (χ1) is 13.0. The fourth-order valence-corrected chi connectivity index (χ4v) is 3.26. The summed E-state index contributed by atoms with van der Waals surface area (Å²) >= 11 is 1.36. The van der Waals surface area contributed by atoms with E-state index in [-0.39, 0.29) is 23.6 Å². The second kappa shape index (κ2) is 8.68. The number of aromatic nitrogens is 1. The molecule has 5 nitrogen and oxygen atoms in total. The van der Waals surface area contributed by atoms with E-state index in [1.807, 2.05) is 50.2 Å². The Balaban J connectivity index is 1.64. The zero-order chi connectivity index (χ0) is 19.2. The van der Waals surface area contributed by atoms with Gasteiger partial charge in [0, 0.05) is 11.4 Å². The number of rotatable bonds is 6. The van der Waals surface area contributed by atoms with Crippen LogP contribution in [0.4, 0.5) is 5.69 Å². The molecule has 0 saturated heterocycles. The molecule has 0 radical (unpaired) electrons. The summed E-state index contributed by atoms with van der Waals surface area (Å²) in [7, 11) is 0. The van der Waals surface area contributed by atoms with E-state index < -0.39 is 0 Å². The van der Waals surface area contributed by atoms with Crippen molar-refractivity contribution in [3.8, 4) is 0 Å². The molecule has 27 heavy (non-hydrogen) atoms. The van der Waals surface area contributed by atoms with Crippen LogP contribution >= 0.6 is 11.8 Å². The molecule has 0 fully saturated rings. The summed E-state index contributed by atoms with van der Waals surface area (Å²) in [6.07, 6.45) is 0. The Morgan fingerprint density at radius 3 is 2.56 bits per heavy atom. The number of carbonyl (C=O) groups is 2. The average Bonchev–Trinajstić information content (AvgIpc) is 2.66. The summed E-state index contributed by atoms with van der Waals surface area (Å²) in [4.78, 5) is 29.2. The lowest BCUT2D eigenvalue weighted by molar-refractivity contribution is -0.113. The van der Waals surface area contributed by atoms with Crippen LogP contribution in [0.15, 0.2) is 65.7 Å². The molecule has 0 saturated carbocycles. The topological polar surface area (TPSA) is 71.1 Å². The Morgan fingerprint density at radius 2 is 1.74 bits per heavy atom. The second-order valence-corrected chi connectivity index (χ2v) is 7.35. The van der Waals surface area contributed by atoms with Gasteiger partial charge in [0.2, 0.25) is 5.91 Å². The van der Waals surface area contributed by atoms with Crippen molar-refractivity contribution in [2.24, 2.45) is 0 Å². The maximum atomic E-state index is 12.4. The summed E-state index contributed by atoms with van der Waals surface area (Å²) in [5.74, 6) is -0.171. The van der Waals surface area contributed by atoms with E-state index in [4.69, 9.17) is 0 Å². The van der Waals surface area contributed by atoms with E-state index in [0.29, 0.717) is 11.3 Å². The van der Waals surface area contributed by atoms with E-state index in [2.05, 4.69) is 15.6 Å². The maximum absolute atomic E-state index is 12.4. The minimum atomic E-state index is -0.204. The number of hydrogen-bond donors (Lipinski definition) is 2. The van der Waals surface area contributed by atoms with Crippen molar-refractivity contribution >= 4 is 40.2 Å². The first kappa shape index (κ1) is 18.9. The highest BCUT2D eigenvalue weighted by Crippen LogP contribution is 2.21. The predicted molar refractivity (Wildman–Crippen MR) is 110 cm³/mol. The number of amides is 2. The number of carbonyl (C=O) groups excluding carboxylic acids is 2. The minimum absolute atomic E-state index is 0.0239. The van der Waals surface area contributed by atoms with Gasteiger partial charge in [-0.05, 0) is 38.1 Å². The monoisotopic (exact) mass is 379 g/mol. The molecule has 0 aliphatic carbocycles. The van der Waals surface area contributed by atoms with Gasteiger partial charge in [-0.3, -0.25) is 9.59 Å². The molecule has 3 rings (SSSR count). The van der Waals surface area contributed by atoms with Crippen molar-refractivity contribution in [3.05, 3.63) is 66.2 Å². The van der Waals surface area contributed by atoms with Crippen LogP contribution in [0.25, 0.3) is 10.9 Å². The Bertz CT molecular complexity index is 972. The van der Waals surface area contributed by atoms with Crippen LogP contribution in [0.2, 0.25) is 0 Å². The van der Waals surface area contributed by atoms with Gasteiger partial charge in [0.25, 0.3) is 5.91 Å². The third-order valence-electron chi connectivity index (χ3n) is 3.79. The van der Waals surface area contributed by atoms with Crippen molar-refractivity contribution in [2.45, 2.75) is 24.9 Å². The van der Waals surface area contributed by atoms with Gasteiger partial charge in [0.15, 0.2) is 0 Å². The molecule has 3 aromatic rings. The Labute approximate surface area is 162 Å². The molecular weight excluding hydrogens is 358 g/mol. The molecule has 0 spiro atoms. The highest BCUT2D eigenvalue weighted by molar-refractivity contribution is 7.99. The van der Waals surface area contributed by atoms with Crippen LogP contribution < -0.4 is 10.6 Å². The van der Waals surface area contributed by atoms with Crippen molar-refractivity contribution in [1.82, 2.24) is 10.3 Å². The summed E-state index contributed by atoms with van der Waals surface area (Å²) in [6.45, 7) is 3.79. The number of nitrogens with zero attached hydrogens (tertiary/aromatic N) is 1. The number of benzene rings is 2. The maximum Gasteiger partial charge on any atom is 0.253 e. The van der Waals surface area contributed by atoms with Crippen LogP contribution in [0.1, 0.15) is 24.2 Å². The highest BCUT2D eigenvalue weighted by Gasteiger charge is 2.14. The Kier molecular flexibility index (Phi) is 6.08. The lowest BCUT2D eigenvalue weighted by Gasteiger charge is -2.13. The van der Waals surface area contributed by atoms with Gasteiger partial charge in [0.05, 0.1) is 27.5 Å². The van der Waals surface area contributed by atoms with Gasteiger partial charge in [-0.1, -0.05) is 48.2 Å². The number of thioether (sulfide) groups is 1. The van der Waals surface area contributed by atoms with Crippen LogP contribution in [-0.4, -0.2) is 28.6 Å². The zero-order valence-corrected chi connectivity index (χ0v) is 16.0. The van der Waals surface area contributed by atoms with E-state index in [0.717, 1.165) is 15.9 Å². The first-order valence-electron chi connectivity index (χ1n) is 8.71. The summed E-state index contributed by atoms with van der Waals surface area (Å²) < 4.78 is 0. The van der Waals surface area contributed by atoms with E-state index >= 15 is 0 Å². The highest BCUT2D eigenvalue weighted by atomic mass is 32.2. The number of anilines is 1. The minimum Gasteiger partial charge on any atom is -0.350 e. The molecule has 138 valence electrons. The van der Waals surface area contributed by atoms with Gasteiger partial charge in [-0.2, -0.15) is 0 Å².